The minimum atomic E-state index is -0.678. The van der Waals surface area contributed by atoms with Gasteiger partial charge in [0, 0.05) is 19.0 Å². The summed E-state index contributed by atoms with van der Waals surface area (Å²) in [4.78, 5) is 29.2. The van der Waals surface area contributed by atoms with Crippen molar-refractivity contribution < 1.29 is 19.1 Å². The number of hydrogen-bond acceptors (Lipinski definition) is 4. The molecule has 4 rings (SSSR count). The molecule has 0 bridgehead atoms. The van der Waals surface area contributed by atoms with E-state index in [1.54, 1.807) is 12.0 Å². The van der Waals surface area contributed by atoms with E-state index < -0.39 is 6.04 Å². The molecule has 6 heteroatoms. The van der Waals surface area contributed by atoms with Crippen LogP contribution in [-0.2, 0) is 29.0 Å². The molecule has 0 aliphatic heterocycles. The third-order valence-electron chi connectivity index (χ3n) is 7.15. The summed E-state index contributed by atoms with van der Waals surface area (Å²) in [5, 5.41) is 3.23. The Morgan fingerprint density at radius 3 is 2.29 bits per heavy atom. The number of benzene rings is 3. The summed E-state index contributed by atoms with van der Waals surface area (Å²) in [5.74, 6) is 0.975. The lowest BCUT2D eigenvalue weighted by molar-refractivity contribution is -0.143. The Hall–Kier alpha value is -3.80. The normalized spacial score (nSPS) is 14.1. The summed E-state index contributed by atoms with van der Waals surface area (Å²) >= 11 is 0. The highest BCUT2D eigenvalue weighted by molar-refractivity contribution is 5.88. The molecule has 1 atom stereocenters. The van der Waals surface area contributed by atoms with Gasteiger partial charge in [-0.15, -0.1) is 0 Å². The second-order valence-electron chi connectivity index (χ2n) is 9.85. The third kappa shape index (κ3) is 7.60. The standard InChI is InChI=1S/C32H38N2O4/c1-3-24-16-18-28(19-17-24)38-23-31(35)34(22-26-12-9-15-29(20-26)37-2)30(21-25-10-5-4-6-11-25)32(36)33-27-13-7-8-14-27/h4-6,9-12,15-20,27,30H,3,7-8,13-14,21-23H2,1-2H3,(H,33,36)/t30-/m1/s1. The minimum Gasteiger partial charge on any atom is -0.497 e. The van der Waals surface area contributed by atoms with E-state index in [2.05, 4.69) is 12.2 Å². The smallest absolute Gasteiger partial charge is 0.261 e. The zero-order valence-electron chi connectivity index (χ0n) is 22.4. The maximum Gasteiger partial charge on any atom is 0.261 e. The SMILES string of the molecule is CCc1ccc(OCC(=O)N(Cc2cccc(OC)c2)[C@H](Cc2ccccc2)C(=O)NC2CCCC2)cc1. The molecule has 0 saturated heterocycles. The van der Waals surface area contributed by atoms with Gasteiger partial charge in [0.05, 0.1) is 7.11 Å². The Bertz CT molecular complexity index is 1170. The van der Waals surface area contributed by atoms with Crippen LogP contribution in [0, 0.1) is 0 Å². The summed E-state index contributed by atoms with van der Waals surface area (Å²) in [6.07, 6.45) is 5.54. The van der Waals surface area contributed by atoms with Crippen LogP contribution in [0.2, 0.25) is 0 Å². The molecule has 1 fully saturated rings. The van der Waals surface area contributed by atoms with Gasteiger partial charge >= 0.3 is 0 Å². The first-order valence-corrected chi connectivity index (χ1v) is 13.5. The zero-order valence-corrected chi connectivity index (χ0v) is 22.4. The molecule has 0 radical (unpaired) electrons. The number of carbonyl (C=O) groups excluding carboxylic acids is 2. The largest absolute Gasteiger partial charge is 0.497 e. The minimum absolute atomic E-state index is 0.121. The molecule has 0 aromatic heterocycles. The summed E-state index contributed by atoms with van der Waals surface area (Å²) in [5.41, 5.74) is 3.09. The monoisotopic (exact) mass is 514 g/mol. The van der Waals surface area contributed by atoms with E-state index in [1.807, 2.05) is 78.9 Å². The molecule has 1 saturated carbocycles. The molecule has 6 nitrogen and oxygen atoms in total. The number of amides is 2. The second-order valence-corrected chi connectivity index (χ2v) is 9.85. The van der Waals surface area contributed by atoms with Crippen molar-refractivity contribution in [3.63, 3.8) is 0 Å². The van der Waals surface area contributed by atoms with E-state index in [9.17, 15) is 9.59 Å². The fraction of sp³-hybridized carbons (Fsp3) is 0.375. The van der Waals surface area contributed by atoms with Crippen molar-refractivity contribution in [2.45, 2.75) is 64.1 Å². The van der Waals surface area contributed by atoms with Crippen LogP contribution in [-0.4, -0.2) is 42.5 Å². The van der Waals surface area contributed by atoms with E-state index in [1.165, 1.54) is 5.56 Å². The summed E-state index contributed by atoms with van der Waals surface area (Å²) in [6, 6.07) is 24.7. The van der Waals surface area contributed by atoms with Gasteiger partial charge in [-0.2, -0.15) is 0 Å². The maximum atomic E-state index is 13.8. The fourth-order valence-electron chi connectivity index (χ4n) is 4.94. The van der Waals surface area contributed by atoms with E-state index in [0.29, 0.717) is 17.9 Å². The van der Waals surface area contributed by atoms with Gasteiger partial charge in [0.15, 0.2) is 6.61 Å². The Morgan fingerprint density at radius 1 is 0.895 bits per heavy atom. The van der Waals surface area contributed by atoms with Crippen LogP contribution in [0.15, 0.2) is 78.9 Å². The van der Waals surface area contributed by atoms with E-state index in [4.69, 9.17) is 9.47 Å². The molecule has 2 amide bonds. The quantitative estimate of drug-likeness (QED) is 0.355. The van der Waals surface area contributed by atoms with E-state index >= 15 is 0 Å². The van der Waals surface area contributed by atoms with Crippen molar-refractivity contribution in [1.82, 2.24) is 10.2 Å². The van der Waals surface area contributed by atoms with Gasteiger partial charge in [-0.1, -0.05) is 74.4 Å². The van der Waals surface area contributed by atoms with Crippen molar-refractivity contribution in [3.8, 4) is 11.5 Å². The third-order valence-corrected chi connectivity index (χ3v) is 7.15. The highest BCUT2D eigenvalue weighted by Crippen LogP contribution is 2.22. The van der Waals surface area contributed by atoms with Crippen LogP contribution in [0.4, 0.5) is 0 Å². The highest BCUT2D eigenvalue weighted by Gasteiger charge is 2.32. The first-order chi connectivity index (χ1) is 18.6. The van der Waals surface area contributed by atoms with Crippen molar-refractivity contribution in [2.75, 3.05) is 13.7 Å². The van der Waals surface area contributed by atoms with Crippen LogP contribution >= 0.6 is 0 Å². The number of nitrogens with one attached hydrogen (secondary N) is 1. The average Bonchev–Trinajstić information content (AvgIpc) is 3.47. The molecule has 200 valence electrons. The fourth-order valence-corrected chi connectivity index (χ4v) is 4.94. The number of methoxy groups -OCH3 is 1. The van der Waals surface area contributed by atoms with Gasteiger partial charge in [0.2, 0.25) is 5.91 Å². The topological polar surface area (TPSA) is 67.9 Å². The number of carbonyl (C=O) groups is 2. The lowest BCUT2D eigenvalue weighted by atomic mass is 10.0. The number of nitrogens with zero attached hydrogens (tertiary/aromatic N) is 1. The Labute approximate surface area is 226 Å². The predicted molar refractivity (Wildman–Crippen MR) is 149 cm³/mol. The highest BCUT2D eigenvalue weighted by atomic mass is 16.5. The molecular weight excluding hydrogens is 476 g/mol. The summed E-state index contributed by atoms with van der Waals surface area (Å²) in [6.45, 7) is 2.21. The van der Waals surface area contributed by atoms with Gasteiger partial charge in [-0.3, -0.25) is 9.59 Å². The molecule has 0 unspecified atom stereocenters. The van der Waals surface area contributed by atoms with Gasteiger partial charge in [0.1, 0.15) is 17.5 Å². The van der Waals surface area contributed by atoms with Crippen LogP contribution in [0.1, 0.15) is 49.3 Å². The maximum absolute atomic E-state index is 13.8. The van der Waals surface area contributed by atoms with Crippen LogP contribution in [0.25, 0.3) is 0 Å². The molecule has 0 heterocycles. The molecule has 0 spiro atoms. The zero-order chi connectivity index (χ0) is 26.7. The molecular formula is C32H38N2O4. The number of rotatable bonds is 12. The van der Waals surface area contributed by atoms with Crippen molar-refractivity contribution in [2.24, 2.45) is 0 Å². The molecule has 3 aromatic rings. The Kier molecular flexibility index (Phi) is 9.79. The van der Waals surface area contributed by atoms with E-state index in [-0.39, 0.29) is 31.0 Å². The first kappa shape index (κ1) is 27.2. The van der Waals surface area contributed by atoms with Crippen LogP contribution < -0.4 is 14.8 Å². The summed E-state index contributed by atoms with van der Waals surface area (Å²) < 4.78 is 11.3. The van der Waals surface area contributed by atoms with Crippen LogP contribution in [0.3, 0.4) is 0 Å². The van der Waals surface area contributed by atoms with Crippen molar-refractivity contribution in [1.29, 1.82) is 0 Å². The Morgan fingerprint density at radius 2 is 1.61 bits per heavy atom. The molecule has 38 heavy (non-hydrogen) atoms. The van der Waals surface area contributed by atoms with E-state index in [0.717, 1.165) is 43.2 Å². The molecule has 1 N–H and O–H groups in total. The number of hydrogen-bond donors (Lipinski definition) is 1. The predicted octanol–water partition coefficient (Wildman–Crippen LogP) is 5.34. The van der Waals surface area contributed by atoms with Gasteiger partial charge in [-0.05, 0) is 60.2 Å². The molecule has 1 aliphatic carbocycles. The van der Waals surface area contributed by atoms with Gasteiger partial charge in [-0.25, -0.2) is 0 Å². The number of ether oxygens (including phenoxy) is 2. The molecule has 1 aliphatic rings. The lowest BCUT2D eigenvalue weighted by Crippen LogP contribution is -2.53. The Balaban J connectivity index is 1.60. The van der Waals surface area contributed by atoms with Gasteiger partial charge < -0.3 is 19.7 Å². The van der Waals surface area contributed by atoms with Gasteiger partial charge in [0.25, 0.3) is 5.91 Å². The average molecular weight is 515 g/mol. The van der Waals surface area contributed by atoms with Crippen molar-refractivity contribution in [3.05, 3.63) is 95.6 Å². The van der Waals surface area contributed by atoms with Crippen LogP contribution in [0.5, 0.6) is 11.5 Å². The second kappa shape index (κ2) is 13.7. The summed E-state index contributed by atoms with van der Waals surface area (Å²) in [7, 11) is 1.62. The lowest BCUT2D eigenvalue weighted by Gasteiger charge is -2.32. The number of aryl methyl sites for hydroxylation is 1. The molecule has 3 aromatic carbocycles. The first-order valence-electron chi connectivity index (χ1n) is 13.5. The van der Waals surface area contributed by atoms with Crippen molar-refractivity contribution >= 4 is 11.8 Å².